The van der Waals surface area contributed by atoms with Crippen LogP contribution in [0.1, 0.15) is 20.8 Å². The molecule has 0 aliphatic heterocycles. The first-order valence-electron chi connectivity index (χ1n) is 6.44. The van der Waals surface area contributed by atoms with Gasteiger partial charge in [0.25, 0.3) is 0 Å². The first kappa shape index (κ1) is 15.3. The van der Waals surface area contributed by atoms with Crippen molar-refractivity contribution in [3.63, 3.8) is 0 Å². The molecule has 1 unspecified atom stereocenters. The van der Waals surface area contributed by atoms with Crippen molar-refractivity contribution in [3.8, 4) is 11.5 Å². The largest absolute Gasteiger partial charge is 0.494 e. The lowest BCUT2D eigenvalue weighted by atomic mass is 10.2. The lowest BCUT2D eigenvalue weighted by Crippen LogP contribution is -2.48. The zero-order chi connectivity index (χ0) is 14.3. The molecule has 1 aromatic carbocycles. The summed E-state index contributed by atoms with van der Waals surface area (Å²) in [6, 6.07) is 6.96. The van der Waals surface area contributed by atoms with Gasteiger partial charge in [0.05, 0.1) is 6.61 Å². The molecule has 0 radical (unpaired) electrons. The average Bonchev–Trinajstić information content (AvgIpc) is 2.34. The van der Waals surface area contributed by atoms with Gasteiger partial charge in [-0.2, -0.15) is 0 Å². The van der Waals surface area contributed by atoms with E-state index in [1.807, 2.05) is 39.0 Å². The van der Waals surface area contributed by atoms with E-state index >= 15 is 0 Å². The van der Waals surface area contributed by atoms with Crippen LogP contribution >= 0.6 is 0 Å². The van der Waals surface area contributed by atoms with Crippen molar-refractivity contribution in [2.24, 2.45) is 5.73 Å². The van der Waals surface area contributed by atoms with Crippen molar-refractivity contribution in [1.82, 2.24) is 5.32 Å². The van der Waals surface area contributed by atoms with Crippen LogP contribution in [0.15, 0.2) is 24.3 Å². The van der Waals surface area contributed by atoms with Crippen molar-refractivity contribution < 1.29 is 14.3 Å². The predicted molar refractivity (Wildman–Crippen MR) is 74.4 cm³/mol. The fourth-order valence-electron chi connectivity index (χ4n) is 1.61. The van der Waals surface area contributed by atoms with Crippen molar-refractivity contribution >= 4 is 5.91 Å². The van der Waals surface area contributed by atoms with Gasteiger partial charge in [-0.25, -0.2) is 0 Å². The number of hydrogen-bond donors (Lipinski definition) is 2. The molecular formula is C14H22N2O3. The van der Waals surface area contributed by atoms with Crippen molar-refractivity contribution in [3.05, 3.63) is 24.3 Å². The van der Waals surface area contributed by atoms with E-state index in [4.69, 9.17) is 15.2 Å². The molecule has 106 valence electrons. The quantitative estimate of drug-likeness (QED) is 0.744. The Morgan fingerprint density at radius 2 is 1.95 bits per heavy atom. The Balaban J connectivity index is 2.58. The summed E-state index contributed by atoms with van der Waals surface area (Å²) in [5.74, 6) is 0.977. The second-order valence-electron chi connectivity index (χ2n) is 4.50. The summed E-state index contributed by atoms with van der Waals surface area (Å²) in [5, 5.41) is 3.06. The first-order chi connectivity index (χ1) is 9.02. The van der Waals surface area contributed by atoms with E-state index in [0.717, 1.165) is 5.75 Å². The number of carbonyl (C=O) groups excluding carboxylic acids is 1. The molecule has 0 aromatic heterocycles. The second-order valence-corrected chi connectivity index (χ2v) is 4.50. The number of hydrogen-bond acceptors (Lipinski definition) is 4. The summed E-state index contributed by atoms with van der Waals surface area (Å²) in [6.45, 7) is 6.62. The van der Waals surface area contributed by atoms with Gasteiger partial charge in [-0.15, -0.1) is 0 Å². The number of carbonyl (C=O) groups is 1. The van der Waals surface area contributed by atoms with Crippen molar-refractivity contribution in [1.29, 1.82) is 0 Å². The molecule has 5 heteroatoms. The van der Waals surface area contributed by atoms with E-state index in [1.165, 1.54) is 0 Å². The van der Waals surface area contributed by atoms with E-state index in [2.05, 4.69) is 5.32 Å². The van der Waals surface area contributed by atoms with Gasteiger partial charge in [-0.05, 0) is 19.1 Å². The maximum absolute atomic E-state index is 11.3. The highest BCUT2D eigenvalue weighted by Crippen LogP contribution is 2.19. The smallest absolute Gasteiger partial charge is 0.238 e. The standard InChI is InChI=1S/C14H22N2O3/c1-4-18-11-6-5-7-12(8-11)19-9-13(14(15)17)16-10(2)3/h5-8,10,13,16H,4,9H2,1-3H3,(H2,15,17). The van der Waals surface area contributed by atoms with E-state index in [1.54, 1.807) is 6.07 Å². The molecule has 0 bridgehead atoms. The summed E-state index contributed by atoms with van der Waals surface area (Å²) in [5.41, 5.74) is 5.32. The molecule has 0 fully saturated rings. The van der Waals surface area contributed by atoms with Crippen LogP contribution in [0.25, 0.3) is 0 Å². The van der Waals surface area contributed by atoms with Crippen LogP contribution in [-0.4, -0.2) is 31.2 Å². The molecule has 3 N–H and O–H groups in total. The molecule has 1 amide bonds. The lowest BCUT2D eigenvalue weighted by molar-refractivity contribution is -0.120. The number of amides is 1. The van der Waals surface area contributed by atoms with Gasteiger partial charge >= 0.3 is 0 Å². The molecule has 1 aromatic rings. The highest BCUT2D eigenvalue weighted by molar-refractivity contribution is 5.80. The van der Waals surface area contributed by atoms with E-state index in [0.29, 0.717) is 12.4 Å². The summed E-state index contributed by atoms with van der Waals surface area (Å²) in [7, 11) is 0. The van der Waals surface area contributed by atoms with E-state index < -0.39 is 11.9 Å². The highest BCUT2D eigenvalue weighted by atomic mass is 16.5. The predicted octanol–water partition coefficient (Wildman–Crippen LogP) is 1.32. The number of nitrogens with two attached hydrogens (primary N) is 1. The third-order valence-electron chi connectivity index (χ3n) is 2.41. The molecule has 0 aliphatic carbocycles. The summed E-state index contributed by atoms with van der Waals surface area (Å²) < 4.78 is 11.0. The van der Waals surface area contributed by atoms with Crippen LogP contribution in [0.3, 0.4) is 0 Å². The number of primary amides is 1. The average molecular weight is 266 g/mol. The van der Waals surface area contributed by atoms with Gasteiger partial charge < -0.3 is 20.5 Å². The number of nitrogens with one attached hydrogen (secondary N) is 1. The third-order valence-corrected chi connectivity index (χ3v) is 2.41. The topological polar surface area (TPSA) is 73.6 Å². The Morgan fingerprint density at radius 1 is 1.32 bits per heavy atom. The van der Waals surface area contributed by atoms with E-state index in [-0.39, 0.29) is 12.6 Å². The normalized spacial score (nSPS) is 12.2. The van der Waals surface area contributed by atoms with Gasteiger partial charge in [-0.3, -0.25) is 4.79 Å². The molecule has 0 spiro atoms. The molecule has 0 heterocycles. The summed E-state index contributed by atoms with van der Waals surface area (Å²) in [6.07, 6.45) is 0. The zero-order valence-electron chi connectivity index (χ0n) is 11.7. The van der Waals surface area contributed by atoms with Crippen LogP contribution in [0.4, 0.5) is 0 Å². The van der Waals surface area contributed by atoms with Crippen LogP contribution in [0.5, 0.6) is 11.5 Å². The minimum absolute atomic E-state index is 0.163. The zero-order valence-corrected chi connectivity index (χ0v) is 11.7. The third kappa shape index (κ3) is 5.61. The molecular weight excluding hydrogens is 244 g/mol. The van der Waals surface area contributed by atoms with Gasteiger partial charge in [0, 0.05) is 12.1 Å². The van der Waals surface area contributed by atoms with Gasteiger partial charge in [0.2, 0.25) is 5.91 Å². The van der Waals surface area contributed by atoms with Gasteiger partial charge in [-0.1, -0.05) is 19.9 Å². The molecule has 0 saturated heterocycles. The molecule has 0 saturated carbocycles. The number of rotatable bonds is 8. The minimum Gasteiger partial charge on any atom is -0.494 e. The SMILES string of the molecule is CCOc1cccc(OCC(NC(C)C)C(N)=O)c1. The maximum atomic E-state index is 11.3. The Kier molecular flexibility index (Phi) is 6.15. The summed E-state index contributed by atoms with van der Waals surface area (Å²) >= 11 is 0. The minimum atomic E-state index is -0.504. The fourth-order valence-corrected chi connectivity index (χ4v) is 1.61. The van der Waals surface area contributed by atoms with Crippen LogP contribution in [0, 0.1) is 0 Å². The summed E-state index contributed by atoms with van der Waals surface area (Å²) in [4.78, 5) is 11.3. The molecule has 19 heavy (non-hydrogen) atoms. The first-order valence-corrected chi connectivity index (χ1v) is 6.44. The second kappa shape index (κ2) is 7.63. The Labute approximate surface area is 114 Å². The fraction of sp³-hybridized carbons (Fsp3) is 0.500. The Hall–Kier alpha value is -1.75. The molecule has 5 nitrogen and oxygen atoms in total. The van der Waals surface area contributed by atoms with Crippen LogP contribution in [0.2, 0.25) is 0 Å². The number of benzene rings is 1. The van der Waals surface area contributed by atoms with Gasteiger partial charge in [0.1, 0.15) is 24.1 Å². The Morgan fingerprint density at radius 3 is 2.47 bits per heavy atom. The molecule has 0 aliphatic rings. The Bertz CT molecular complexity index is 407. The van der Waals surface area contributed by atoms with E-state index in [9.17, 15) is 4.79 Å². The monoisotopic (exact) mass is 266 g/mol. The molecule has 1 rings (SSSR count). The maximum Gasteiger partial charge on any atom is 0.238 e. The van der Waals surface area contributed by atoms with Crippen LogP contribution in [-0.2, 0) is 4.79 Å². The number of ether oxygens (including phenoxy) is 2. The van der Waals surface area contributed by atoms with Gasteiger partial charge in [0.15, 0.2) is 0 Å². The van der Waals surface area contributed by atoms with Crippen molar-refractivity contribution in [2.45, 2.75) is 32.9 Å². The van der Waals surface area contributed by atoms with Crippen molar-refractivity contribution in [2.75, 3.05) is 13.2 Å². The highest BCUT2D eigenvalue weighted by Gasteiger charge is 2.16. The lowest BCUT2D eigenvalue weighted by Gasteiger charge is -2.18. The van der Waals surface area contributed by atoms with Crippen LogP contribution < -0.4 is 20.5 Å². The molecule has 1 atom stereocenters.